The minimum atomic E-state index is -3.18. The molecule has 6 aromatic rings. The highest BCUT2D eigenvalue weighted by molar-refractivity contribution is 7.90. The summed E-state index contributed by atoms with van der Waals surface area (Å²) in [6.07, 6.45) is 8.79. The number of nitrogens with one attached hydrogen (secondary N) is 3. The van der Waals surface area contributed by atoms with Crippen LogP contribution < -0.4 is 5.32 Å². The topological polar surface area (TPSA) is 133 Å². The number of aryl methyl sites for hydroxylation is 1. The first-order chi connectivity index (χ1) is 21.7. The highest BCUT2D eigenvalue weighted by Gasteiger charge is 2.23. The van der Waals surface area contributed by atoms with E-state index in [1.165, 1.54) is 18.4 Å². The van der Waals surface area contributed by atoms with Crippen molar-refractivity contribution in [2.24, 2.45) is 5.92 Å². The van der Waals surface area contributed by atoms with Crippen molar-refractivity contribution >= 4 is 43.4 Å². The first kappa shape index (κ1) is 28.8. The van der Waals surface area contributed by atoms with E-state index in [0.717, 1.165) is 58.9 Å². The summed E-state index contributed by atoms with van der Waals surface area (Å²) < 4.78 is 38.1. The maximum atomic E-state index is 14.7. The number of aromatic nitrogens is 5. The quantitative estimate of drug-likeness (QED) is 0.173. The van der Waals surface area contributed by atoms with Crippen molar-refractivity contribution in [2.45, 2.75) is 32.1 Å². The first-order valence-electron chi connectivity index (χ1n) is 14.9. The minimum Gasteiger partial charge on any atom is -0.353 e. The van der Waals surface area contributed by atoms with Gasteiger partial charge in [-0.25, -0.2) is 17.8 Å². The van der Waals surface area contributed by atoms with E-state index in [-0.39, 0.29) is 24.0 Å². The average molecular weight is 623 g/mol. The lowest BCUT2D eigenvalue weighted by Gasteiger charge is -2.11. The van der Waals surface area contributed by atoms with Crippen LogP contribution in [-0.2, 0) is 21.1 Å². The Morgan fingerprint density at radius 3 is 2.67 bits per heavy atom. The second kappa shape index (κ2) is 11.6. The number of amides is 1. The largest absolute Gasteiger partial charge is 0.353 e. The number of aromatic amines is 2. The van der Waals surface area contributed by atoms with Gasteiger partial charge in [-0.2, -0.15) is 5.10 Å². The number of sulfone groups is 1. The van der Waals surface area contributed by atoms with Gasteiger partial charge < -0.3 is 10.3 Å². The summed E-state index contributed by atoms with van der Waals surface area (Å²) in [4.78, 5) is 25.4. The number of nitrogens with zero attached hydrogens (tertiary/aromatic N) is 3. The highest BCUT2D eigenvalue weighted by atomic mass is 32.2. The van der Waals surface area contributed by atoms with Gasteiger partial charge in [0.15, 0.2) is 0 Å². The van der Waals surface area contributed by atoms with Crippen LogP contribution in [0.15, 0.2) is 73.1 Å². The molecule has 0 radical (unpaired) electrons. The molecule has 0 aliphatic heterocycles. The van der Waals surface area contributed by atoms with Crippen LogP contribution in [0.25, 0.3) is 55.7 Å². The Morgan fingerprint density at radius 2 is 1.84 bits per heavy atom. The minimum absolute atomic E-state index is 0.0357. The summed E-state index contributed by atoms with van der Waals surface area (Å²) in [5.74, 6) is -0.384. The smallest absolute Gasteiger partial charge is 0.227 e. The predicted octanol–water partition coefficient (Wildman–Crippen LogP) is 6.69. The molecule has 0 atom stereocenters. The zero-order valence-electron chi connectivity index (χ0n) is 24.6. The molecule has 1 saturated carbocycles. The van der Waals surface area contributed by atoms with Crippen LogP contribution in [0.1, 0.15) is 31.2 Å². The number of anilines is 1. The Bertz CT molecular complexity index is 2180. The number of hydrogen-bond donors (Lipinski definition) is 3. The van der Waals surface area contributed by atoms with E-state index < -0.39 is 15.7 Å². The van der Waals surface area contributed by atoms with Gasteiger partial charge in [0.2, 0.25) is 5.91 Å². The molecular formula is C34H31FN6O3S. The number of carbonyl (C=O) groups excluding carboxylic acids is 1. The van der Waals surface area contributed by atoms with Crippen LogP contribution in [0.3, 0.4) is 0 Å². The third-order valence-electron chi connectivity index (χ3n) is 8.38. The van der Waals surface area contributed by atoms with Gasteiger partial charge >= 0.3 is 0 Å². The molecule has 0 bridgehead atoms. The molecule has 7 rings (SSSR count). The van der Waals surface area contributed by atoms with Crippen molar-refractivity contribution in [3.05, 3.63) is 84.4 Å². The van der Waals surface area contributed by atoms with Crippen molar-refractivity contribution in [1.82, 2.24) is 25.1 Å². The van der Waals surface area contributed by atoms with Gasteiger partial charge in [0.05, 0.1) is 34.5 Å². The lowest BCUT2D eigenvalue weighted by Crippen LogP contribution is -2.20. The van der Waals surface area contributed by atoms with Crippen molar-refractivity contribution in [3.8, 4) is 33.8 Å². The molecule has 4 heterocycles. The standard InChI is InChI=1S/C34H31FN6O3S/c1-45(43,44)12-11-20-13-22(15-24(35)14-20)26-7-4-8-29-27(26)17-31(38-29)33-32-30(40-41-33)10-9-28(39-32)23-16-25(19-36-18-23)37-34(42)21-5-2-3-6-21/h4,7-10,13-19,21,38H,2-3,5-6,11-12H2,1H3,(H,37,42)(H,40,41). The van der Waals surface area contributed by atoms with E-state index in [1.807, 2.05) is 48.5 Å². The summed E-state index contributed by atoms with van der Waals surface area (Å²) in [6.45, 7) is 0. The monoisotopic (exact) mass is 622 g/mol. The molecular weight excluding hydrogens is 591 g/mol. The van der Waals surface area contributed by atoms with Crippen LogP contribution in [0.4, 0.5) is 10.1 Å². The zero-order valence-corrected chi connectivity index (χ0v) is 25.4. The van der Waals surface area contributed by atoms with E-state index in [4.69, 9.17) is 4.98 Å². The Hall–Kier alpha value is -4.90. The van der Waals surface area contributed by atoms with E-state index in [1.54, 1.807) is 12.4 Å². The average Bonchev–Trinajstić information content (AvgIpc) is 3.79. The Morgan fingerprint density at radius 1 is 1.00 bits per heavy atom. The number of pyridine rings is 2. The van der Waals surface area contributed by atoms with Crippen molar-refractivity contribution in [3.63, 3.8) is 0 Å². The van der Waals surface area contributed by atoms with Crippen LogP contribution in [0.2, 0.25) is 0 Å². The summed E-state index contributed by atoms with van der Waals surface area (Å²) in [6, 6.07) is 18.1. The summed E-state index contributed by atoms with van der Waals surface area (Å²) in [7, 11) is -3.18. The van der Waals surface area contributed by atoms with Crippen LogP contribution >= 0.6 is 0 Å². The lowest BCUT2D eigenvalue weighted by molar-refractivity contribution is -0.119. The number of H-pyrrole nitrogens is 2. The van der Waals surface area contributed by atoms with Gasteiger partial charge in [-0.05, 0) is 78.4 Å². The predicted molar refractivity (Wildman–Crippen MR) is 174 cm³/mol. The third kappa shape index (κ3) is 6.08. The number of halogens is 1. The second-order valence-corrected chi connectivity index (χ2v) is 14.0. The molecule has 1 aliphatic rings. The summed E-state index contributed by atoms with van der Waals surface area (Å²) in [5, 5.41) is 11.5. The Labute approximate surface area is 259 Å². The molecule has 9 nitrogen and oxygen atoms in total. The molecule has 2 aromatic carbocycles. The Kier molecular flexibility index (Phi) is 7.40. The molecule has 1 aliphatic carbocycles. The van der Waals surface area contributed by atoms with Gasteiger partial charge in [0.25, 0.3) is 0 Å². The Balaban J connectivity index is 1.22. The normalized spacial score (nSPS) is 14.0. The SMILES string of the molecule is CS(=O)(=O)CCc1cc(F)cc(-c2cccc3[nH]c(-c4n[nH]c5ccc(-c6cncc(NC(=O)C7CCCC7)c6)nc45)cc23)c1. The van der Waals surface area contributed by atoms with Crippen LogP contribution in [0.5, 0.6) is 0 Å². The number of benzene rings is 2. The van der Waals surface area contributed by atoms with Gasteiger partial charge in [0.1, 0.15) is 26.9 Å². The number of hydrogen-bond acceptors (Lipinski definition) is 6. The maximum absolute atomic E-state index is 14.7. The fraction of sp³-hybridized carbons (Fsp3) is 0.235. The van der Waals surface area contributed by atoms with E-state index in [0.29, 0.717) is 33.7 Å². The van der Waals surface area contributed by atoms with Crippen molar-refractivity contribution in [2.75, 3.05) is 17.3 Å². The molecule has 3 N–H and O–H groups in total. The van der Waals surface area contributed by atoms with Crippen LogP contribution in [-0.4, -0.2) is 51.5 Å². The summed E-state index contributed by atoms with van der Waals surface area (Å²) in [5.41, 5.74) is 7.80. The molecule has 0 unspecified atom stereocenters. The molecule has 45 heavy (non-hydrogen) atoms. The molecule has 1 amide bonds. The molecule has 4 aromatic heterocycles. The van der Waals surface area contributed by atoms with Crippen molar-refractivity contribution in [1.29, 1.82) is 0 Å². The van der Waals surface area contributed by atoms with Gasteiger partial charge in [-0.3, -0.25) is 14.9 Å². The number of rotatable bonds is 8. The lowest BCUT2D eigenvalue weighted by atomic mass is 9.98. The van der Waals surface area contributed by atoms with Gasteiger partial charge in [-0.15, -0.1) is 0 Å². The first-order valence-corrected chi connectivity index (χ1v) is 17.0. The van der Waals surface area contributed by atoms with Gasteiger partial charge in [0, 0.05) is 34.8 Å². The van der Waals surface area contributed by atoms with E-state index in [2.05, 4.69) is 25.5 Å². The zero-order chi connectivity index (χ0) is 31.1. The summed E-state index contributed by atoms with van der Waals surface area (Å²) >= 11 is 0. The van der Waals surface area contributed by atoms with E-state index in [9.17, 15) is 17.6 Å². The second-order valence-electron chi connectivity index (χ2n) is 11.8. The molecule has 0 saturated heterocycles. The number of fused-ring (bicyclic) bond motifs is 2. The fourth-order valence-electron chi connectivity index (χ4n) is 6.12. The molecule has 228 valence electrons. The van der Waals surface area contributed by atoms with Gasteiger partial charge in [-0.1, -0.05) is 31.0 Å². The van der Waals surface area contributed by atoms with Crippen LogP contribution in [0, 0.1) is 11.7 Å². The molecule has 0 spiro atoms. The van der Waals surface area contributed by atoms with E-state index >= 15 is 0 Å². The molecule has 1 fully saturated rings. The maximum Gasteiger partial charge on any atom is 0.227 e. The van der Waals surface area contributed by atoms with Crippen molar-refractivity contribution < 1.29 is 17.6 Å². The highest BCUT2D eigenvalue weighted by Crippen LogP contribution is 2.35. The molecule has 11 heteroatoms. The fourth-order valence-corrected chi connectivity index (χ4v) is 6.72. The third-order valence-corrected chi connectivity index (χ3v) is 9.33. The number of carbonyl (C=O) groups is 1.